The molecule has 0 bridgehead atoms. The molecular formula is C28H24N2. The van der Waals surface area contributed by atoms with Gasteiger partial charge in [0, 0.05) is 23.7 Å². The highest BCUT2D eigenvalue weighted by Crippen LogP contribution is 2.35. The quantitative estimate of drug-likeness (QED) is 0.319. The van der Waals surface area contributed by atoms with E-state index in [1.54, 1.807) is 0 Å². The van der Waals surface area contributed by atoms with Crippen LogP contribution in [0.25, 0.3) is 32.9 Å². The summed E-state index contributed by atoms with van der Waals surface area (Å²) in [4.78, 5) is 7.38. The van der Waals surface area contributed by atoms with Gasteiger partial charge in [-0.05, 0) is 53.9 Å². The van der Waals surface area contributed by atoms with Gasteiger partial charge in [-0.2, -0.15) is 0 Å². The lowest BCUT2D eigenvalue weighted by Gasteiger charge is -2.25. The van der Waals surface area contributed by atoms with Crippen LogP contribution in [-0.4, -0.2) is 12.0 Å². The van der Waals surface area contributed by atoms with E-state index in [2.05, 4.69) is 117 Å². The number of para-hydroxylation sites is 2. The maximum Gasteiger partial charge on any atom is 0.0946 e. The van der Waals surface area contributed by atoms with Gasteiger partial charge in [-0.25, -0.2) is 4.98 Å². The molecule has 146 valence electrons. The largest absolute Gasteiger partial charge is 0.342 e. The van der Waals surface area contributed by atoms with Gasteiger partial charge in [0.15, 0.2) is 0 Å². The lowest BCUT2D eigenvalue weighted by atomic mass is 10.0. The van der Waals surface area contributed by atoms with E-state index in [0.717, 1.165) is 27.8 Å². The van der Waals surface area contributed by atoms with Gasteiger partial charge in [0.1, 0.15) is 0 Å². The maximum absolute atomic E-state index is 5.12. The summed E-state index contributed by atoms with van der Waals surface area (Å²) < 4.78 is 0. The molecule has 0 spiro atoms. The maximum atomic E-state index is 5.12. The number of hydrogen-bond donors (Lipinski definition) is 0. The lowest BCUT2D eigenvalue weighted by molar-refractivity contribution is 1.16. The van der Waals surface area contributed by atoms with E-state index in [-0.39, 0.29) is 0 Å². The number of hydrogen-bond acceptors (Lipinski definition) is 2. The summed E-state index contributed by atoms with van der Waals surface area (Å²) in [6.07, 6.45) is 0. The first kappa shape index (κ1) is 18.4. The minimum absolute atomic E-state index is 0.996. The molecule has 0 amide bonds. The normalized spacial score (nSPS) is 11.2. The van der Waals surface area contributed by atoms with Gasteiger partial charge in [-0.3, -0.25) is 0 Å². The van der Waals surface area contributed by atoms with Crippen LogP contribution in [0, 0.1) is 13.8 Å². The summed E-state index contributed by atoms with van der Waals surface area (Å²) in [6, 6.07) is 32.1. The molecule has 2 nitrogen and oxygen atoms in total. The molecule has 0 aliphatic heterocycles. The van der Waals surface area contributed by atoms with Gasteiger partial charge in [0.25, 0.3) is 0 Å². The van der Waals surface area contributed by atoms with Crippen molar-refractivity contribution in [3.63, 3.8) is 0 Å². The molecule has 0 N–H and O–H groups in total. The van der Waals surface area contributed by atoms with E-state index >= 15 is 0 Å². The summed E-state index contributed by atoms with van der Waals surface area (Å²) in [5, 5.41) is 3.63. The molecule has 5 rings (SSSR count). The standard InChI is InChI=1S/C28H24N2/c1-19-8-6-9-20(2)28(19)30(3)26-13-7-12-22-16-17-25(29-27(22)26)24-15-14-21-10-4-5-11-23(21)18-24/h4-18H,1-3H3. The van der Waals surface area contributed by atoms with Crippen molar-refractivity contribution >= 4 is 33.1 Å². The number of nitrogens with zero attached hydrogens (tertiary/aromatic N) is 2. The lowest BCUT2D eigenvalue weighted by Crippen LogP contribution is -2.13. The summed E-state index contributed by atoms with van der Waals surface area (Å²) in [5.41, 5.74) is 8.04. The molecular weight excluding hydrogens is 364 g/mol. The molecule has 0 radical (unpaired) electrons. The van der Waals surface area contributed by atoms with Gasteiger partial charge in [-0.1, -0.05) is 72.8 Å². The summed E-state index contributed by atoms with van der Waals surface area (Å²) in [6.45, 7) is 4.33. The first-order chi connectivity index (χ1) is 14.6. The Hall–Kier alpha value is -3.65. The van der Waals surface area contributed by atoms with E-state index < -0.39 is 0 Å². The zero-order valence-corrected chi connectivity index (χ0v) is 17.6. The zero-order chi connectivity index (χ0) is 20.7. The van der Waals surface area contributed by atoms with Gasteiger partial charge in [0.05, 0.1) is 16.9 Å². The monoisotopic (exact) mass is 388 g/mol. The van der Waals surface area contributed by atoms with Crippen LogP contribution in [0.2, 0.25) is 0 Å². The fourth-order valence-corrected chi connectivity index (χ4v) is 4.37. The van der Waals surface area contributed by atoms with Gasteiger partial charge >= 0.3 is 0 Å². The van der Waals surface area contributed by atoms with Crippen molar-refractivity contribution < 1.29 is 0 Å². The van der Waals surface area contributed by atoms with Crippen LogP contribution in [0.3, 0.4) is 0 Å². The Bertz CT molecular complexity index is 1360. The third-order valence-corrected chi connectivity index (χ3v) is 5.88. The molecule has 1 aromatic heterocycles. The van der Waals surface area contributed by atoms with Crippen molar-refractivity contribution in [1.82, 2.24) is 4.98 Å². The van der Waals surface area contributed by atoms with E-state index in [9.17, 15) is 0 Å². The molecule has 0 atom stereocenters. The van der Waals surface area contributed by atoms with Crippen LogP contribution in [0.5, 0.6) is 0 Å². The van der Waals surface area contributed by atoms with E-state index in [1.807, 2.05) is 0 Å². The molecule has 0 saturated heterocycles. The van der Waals surface area contributed by atoms with Crippen molar-refractivity contribution in [2.24, 2.45) is 0 Å². The summed E-state index contributed by atoms with van der Waals surface area (Å²) >= 11 is 0. The van der Waals surface area contributed by atoms with Crippen molar-refractivity contribution in [2.45, 2.75) is 13.8 Å². The number of rotatable bonds is 3. The van der Waals surface area contributed by atoms with Crippen molar-refractivity contribution in [2.75, 3.05) is 11.9 Å². The van der Waals surface area contributed by atoms with E-state index in [4.69, 9.17) is 4.98 Å². The van der Waals surface area contributed by atoms with Crippen LogP contribution < -0.4 is 4.90 Å². The first-order valence-corrected chi connectivity index (χ1v) is 10.3. The third kappa shape index (κ3) is 3.11. The number of benzene rings is 4. The second-order valence-electron chi connectivity index (χ2n) is 7.91. The Kier molecular flexibility index (Phi) is 4.48. The highest BCUT2D eigenvalue weighted by atomic mass is 15.1. The Morgan fingerprint density at radius 1 is 0.633 bits per heavy atom. The Labute approximate surface area is 177 Å². The van der Waals surface area contributed by atoms with Crippen molar-refractivity contribution in [3.8, 4) is 11.3 Å². The Morgan fingerprint density at radius 2 is 1.30 bits per heavy atom. The molecule has 0 unspecified atom stereocenters. The smallest absolute Gasteiger partial charge is 0.0946 e. The fourth-order valence-electron chi connectivity index (χ4n) is 4.37. The highest BCUT2D eigenvalue weighted by molar-refractivity contribution is 5.95. The van der Waals surface area contributed by atoms with Crippen LogP contribution in [0.4, 0.5) is 11.4 Å². The molecule has 4 aromatic carbocycles. The van der Waals surface area contributed by atoms with E-state index in [1.165, 1.54) is 27.6 Å². The average Bonchev–Trinajstić information content (AvgIpc) is 2.77. The second kappa shape index (κ2) is 7.31. The number of aryl methyl sites for hydroxylation is 2. The van der Waals surface area contributed by atoms with Gasteiger partial charge in [0.2, 0.25) is 0 Å². The minimum Gasteiger partial charge on any atom is -0.342 e. The molecule has 2 heteroatoms. The molecule has 0 aliphatic carbocycles. The Balaban J connectivity index is 1.67. The number of fused-ring (bicyclic) bond motifs is 2. The SMILES string of the molecule is Cc1cccc(C)c1N(C)c1cccc2ccc(-c3ccc4ccccc4c3)nc12. The van der Waals surface area contributed by atoms with Gasteiger partial charge < -0.3 is 4.90 Å². The van der Waals surface area contributed by atoms with Crippen LogP contribution in [0.15, 0.2) is 91.0 Å². The van der Waals surface area contributed by atoms with Crippen LogP contribution in [-0.2, 0) is 0 Å². The number of aromatic nitrogens is 1. The molecule has 0 aliphatic rings. The summed E-state index contributed by atoms with van der Waals surface area (Å²) in [5.74, 6) is 0. The minimum atomic E-state index is 0.996. The Morgan fingerprint density at radius 3 is 2.10 bits per heavy atom. The van der Waals surface area contributed by atoms with Crippen LogP contribution >= 0.6 is 0 Å². The second-order valence-corrected chi connectivity index (χ2v) is 7.91. The molecule has 0 fully saturated rings. The molecule has 5 aromatic rings. The van der Waals surface area contributed by atoms with E-state index in [0.29, 0.717) is 0 Å². The van der Waals surface area contributed by atoms with Crippen molar-refractivity contribution in [3.05, 3.63) is 102 Å². The predicted molar refractivity (Wildman–Crippen MR) is 129 cm³/mol. The predicted octanol–water partition coefficient (Wildman–Crippen LogP) is 7.44. The van der Waals surface area contributed by atoms with Gasteiger partial charge in [-0.15, -0.1) is 0 Å². The average molecular weight is 389 g/mol. The molecule has 0 saturated carbocycles. The number of anilines is 2. The fraction of sp³-hybridized carbons (Fsp3) is 0.107. The first-order valence-electron chi connectivity index (χ1n) is 10.3. The topological polar surface area (TPSA) is 16.1 Å². The molecule has 1 heterocycles. The third-order valence-electron chi connectivity index (χ3n) is 5.88. The molecule has 30 heavy (non-hydrogen) atoms. The van der Waals surface area contributed by atoms with Crippen molar-refractivity contribution in [1.29, 1.82) is 0 Å². The zero-order valence-electron chi connectivity index (χ0n) is 17.6. The van der Waals surface area contributed by atoms with Crippen LogP contribution in [0.1, 0.15) is 11.1 Å². The number of pyridine rings is 1. The highest BCUT2D eigenvalue weighted by Gasteiger charge is 2.14. The summed E-state index contributed by atoms with van der Waals surface area (Å²) in [7, 11) is 2.13.